The molecule has 0 fully saturated rings. The highest BCUT2D eigenvalue weighted by molar-refractivity contribution is 6.36. The number of halogens is 2. The summed E-state index contributed by atoms with van der Waals surface area (Å²) in [7, 11) is 0. The fourth-order valence-corrected chi connectivity index (χ4v) is 1.83. The SMILES string of the molecule is CC(C)(C)C(=O)COC(=O)CNC(=O)c1ccc(Cl)cc1Cl. The first-order chi connectivity index (χ1) is 10.1. The predicted molar refractivity (Wildman–Crippen MR) is 84.2 cm³/mol. The van der Waals surface area contributed by atoms with Gasteiger partial charge in [0, 0.05) is 10.4 Å². The van der Waals surface area contributed by atoms with E-state index in [-0.39, 0.29) is 29.5 Å². The van der Waals surface area contributed by atoms with Crippen molar-refractivity contribution >= 4 is 40.9 Å². The number of rotatable bonds is 5. The first kappa shape index (κ1) is 18.5. The maximum atomic E-state index is 11.9. The Balaban J connectivity index is 2.47. The first-order valence-corrected chi connectivity index (χ1v) is 7.29. The molecule has 0 saturated carbocycles. The van der Waals surface area contributed by atoms with Gasteiger partial charge in [-0.15, -0.1) is 0 Å². The average molecular weight is 346 g/mol. The third-order valence-corrected chi connectivity index (χ3v) is 3.32. The zero-order valence-corrected chi connectivity index (χ0v) is 14.0. The normalized spacial score (nSPS) is 11.0. The minimum Gasteiger partial charge on any atom is -0.456 e. The molecule has 0 aliphatic rings. The molecule has 0 unspecified atom stereocenters. The van der Waals surface area contributed by atoms with E-state index in [1.165, 1.54) is 18.2 Å². The Morgan fingerprint density at radius 1 is 1.18 bits per heavy atom. The van der Waals surface area contributed by atoms with E-state index in [1.807, 2.05) is 0 Å². The van der Waals surface area contributed by atoms with E-state index in [2.05, 4.69) is 5.32 Å². The zero-order valence-electron chi connectivity index (χ0n) is 12.5. The van der Waals surface area contributed by atoms with Gasteiger partial charge in [0.05, 0.1) is 10.6 Å². The summed E-state index contributed by atoms with van der Waals surface area (Å²) in [5.41, 5.74) is -0.384. The fraction of sp³-hybridized carbons (Fsp3) is 0.400. The van der Waals surface area contributed by atoms with Crippen LogP contribution in [-0.2, 0) is 14.3 Å². The van der Waals surface area contributed by atoms with Crippen LogP contribution in [0, 0.1) is 5.41 Å². The molecule has 1 amide bonds. The van der Waals surface area contributed by atoms with Crippen molar-refractivity contribution in [3.05, 3.63) is 33.8 Å². The molecule has 0 heterocycles. The van der Waals surface area contributed by atoms with Gasteiger partial charge >= 0.3 is 5.97 Å². The standard InChI is InChI=1S/C15H17Cl2NO4/c1-15(2,3)12(19)8-22-13(20)7-18-14(21)10-5-4-9(16)6-11(10)17/h4-6H,7-8H2,1-3H3,(H,18,21). The van der Waals surface area contributed by atoms with Crippen LogP contribution >= 0.6 is 23.2 Å². The van der Waals surface area contributed by atoms with Gasteiger partial charge in [0.2, 0.25) is 0 Å². The van der Waals surface area contributed by atoms with Gasteiger partial charge in [-0.25, -0.2) is 0 Å². The monoisotopic (exact) mass is 345 g/mol. The maximum absolute atomic E-state index is 11.9. The molecule has 1 aromatic carbocycles. The van der Waals surface area contributed by atoms with Crippen molar-refractivity contribution in [1.82, 2.24) is 5.32 Å². The summed E-state index contributed by atoms with van der Waals surface area (Å²) < 4.78 is 4.81. The largest absolute Gasteiger partial charge is 0.456 e. The van der Waals surface area contributed by atoms with E-state index in [9.17, 15) is 14.4 Å². The highest BCUT2D eigenvalue weighted by Gasteiger charge is 2.22. The zero-order chi connectivity index (χ0) is 16.9. The van der Waals surface area contributed by atoms with Crippen LogP contribution in [0.5, 0.6) is 0 Å². The number of esters is 1. The molecule has 0 saturated heterocycles. The summed E-state index contributed by atoms with van der Waals surface area (Å²) in [6.07, 6.45) is 0. The minimum absolute atomic E-state index is 0.182. The van der Waals surface area contributed by atoms with Gasteiger partial charge in [-0.2, -0.15) is 0 Å². The van der Waals surface area contributed by atoms with Gasteiger partial charge in [0.25, 0.3) is 5.91 Å². The number of carbonyl (C=O) groups excluding carboxylic acids is 3. The summed E-state index contributed by atoms with van der Waals surface area (Å²) in [5.74, 6) is -1.43. The van der Waals surface area contributed by atoms with Crippen molar-refractivity contribution in [1.29, 1.82) is 0 Å². The van der Waals surface area contributed by atoms with Crippen LogP contribution in [0.3, 0.4) is 0 Å². The summed E-state index contributed by atoms with van der Waals surface area (Å²) >= 11 is 11.6. The average Bonchev–Trinajstić information content (AvgIpc) is 2.41. The number of amides is 1. The van der Waals surface area contributed by atoms with E-state index >= 15 is 0 Å². The molecule has 120 valence electrons. The minimum atomic E-state index is -0.698. The number of nitrogens with one attached hydrogen (secondary N) is 1. The summed E-state index contributed by atoms with van der Waals surface area (Å²) in [5, 5.41) is 2.96. The summed E-state index contributed by atoms with van der Waals surface area (Å²) in [4.78, 5) is 35.0. The van der Waals surface area contributed by atoms with Gasteiger partial charge < -0.3 is 10.1 Å². The first-order valence-electron chi connectivity index (χ1n) is 6.53. The predicted octanol–water partition coefficient (Wildman–Crippen LogP) is 2.88. The number of ether oxygens (including phenoxy) is 1. The molecule has 0 aromatic heterocycles. The van der Waals surface area contributed by atoms with Crippen LogP contribution in [0.1, 0.15) is 31.1 Å². The molecule has 0 atom stereocenters. The second kappa shape index (κ2) is 7.61. The lowest BCUT2D eigenvalue weighted by Crippen LogP contribution is -2.33. The lowest BCUT2D eigenvalue weighted by atomic mass is 9.91. The van der Waals surface area contributed by atoms with Crippen LogP contribution in [-0.4, -0.2) is 30.8 Å². The molecule has 1 aromatic rings. The molecule has 0 aliphatic carbocycles. The number of carbonyl (C=O) groups is 3. The highest BCUT2D eigenvalue weighted by atomic mass is 35.5. The molecular formula is C15H17Cl2NO4. The van der Waals surface area contributed by atoms with E-state index < -0.39 is 17.3 Å². The maximum Gasteiger partial charge on any atom is 0.325 e. The topological polar surface area (TPSA) is 72.5 Å². The van der Waals surface area contributed by atoms with Gasteiger partial charge in [-0.3, -0.25) is 14.4 Å². The molecule has 5 nitrogen and oxygen atoms in total. The van der Waals surface area contributed by atoms with Gasteiger partial charge in [0.15, 0.2) is 12.4 Å². The summed E-state index contributed by atoms with van der Waals surface area (Å²) in [6.45, 7) is 4.52. The number of hydrogen-bond acceptors (Lipinski definition) is 4. The Bertz CT molecular complexity index is 594. The Labute approximate surface area is 138 Å². The van der Waals surface area contributed by atoms with Crippen molar-refractivity contribution in [2.24, 2.45) is 5.41 Å². The molecule has 0 bridgehead atoms. The van der Waals surface area contributed by atoms with Crippen molar-refractivity contribution < 1.29 is 19.1 Å². The second-order valence-electron chi connectivity index (χ2n) is 5.64. The molecular weight excluding hydrogens is 329 g/mol. The van der Waals surface area contributed by atoms with Crippen LogP contribution in [0.2, 0.25) is 10.0 Å². The lowest BCUT2D eigenvalue weighted by molar-refractivity contribution is -0.149. The van der Waals surface area contributed by atoms with E-state index in [1.54, 1.807) is 20.8 Å². The van der Waals surface area contributed by atoms with Crippen LogP contribution in [0.25, 0.3) is 0 Å². The number of benzene rings is 1. The molecule has 0 radical (unpaired) electrons. The van der Waals surface area contributed by atoms with Crippen molar-refractivity contribution in [2.45, 2.75) is 20.8 Å². The molecule has 22 heavy (non-hydrogen) atoms. The van der Waals surface area contributed by atoms with Gasteiger partial charge in [0.1, 0.15) is 6.54 Å². The van der Waals surface area contributed by atoms with Crippen molar-refractivity contribution in [3.63, 3.8) is 0 Å². The number of Topliss-reactive ketones (excluding diaryl/α,β-unsaturated/α-hetero) is 1. The number of hydrogen-bond donors (Lipinski definition) is 1. The highest BCUT2D eigenvalue weighted by Crippen LogP contribution is 2.20. The van der Waals surface area contributed by atoms with E-state index in [4.69, 9.17) is 27.9 Å². The van der Waals surface area contributed by atoms with Gasteiger partial charge in [-0.1, -0.05) is 44.0 Å². The Kier molecular flexibility index (Phi) is 6.38. The second-order valence-corrected chi connectivity index (χ2v) is 6.48. The quantitative estimate of drug-likeness (QED) is 0.832. The molecule has 0 spiro atoms. The smallest absolute Gasteiger partial charge is 0.325 e. The van der Waals surface area contributed by atoms with Crippen molar-refractivity contribution in [3.8, 4) is 0 Å². The van der Waals surface area contributed by atoms with Crippen LogP contribution < -0.4 is 5.32 Å². The Morgan fingerprint density at radius 3 is 2.36 bits per heavy atom. The third kappa shape index (κ3) is 5.66. The fourth-order valence-electron chi connectivity index (χ4n) is 1.33. The molecule has 1 N–H and O–H groups in total. The van der Waals surface area contributed by atoms with Gasteiger partial charge in [-0.05, 0) is 18.2 Å². The van der Waals surface area contributed by atoms with Crippen LogP contribution in [0.15, 0.2) is 18.2 Å². The van der Waals surface area contributed by atoms with E-state index in [0.29, 0.717) is 5.02 Å². The Morgan fingerprint density at radius 2 is 1.82 bits per heavy atom. The molecule has 7 heteroatoms. The summed E-state index contributed by atoms with van der Waals surface area (Å²) in [6, 6.07) is 4.40. The third-order valence-electron chi connectivity index (χ3n) is 2.77. The van der Waals surface area contributed by atoms with Crippen molar-refractivity contribution in [2.75, 3.05) is 13.2 Å². The van der Waals surface area contributed by atoms with Crippen LogP contribution in [0.4, 0.5) is 0 Å². The Hall–Kier alpha value is -1.59. The van der Waals surface area contributed by atoms with E-state index in [0.717, 1.165) is 0 Å². The lowest BCUT2D eigenvalue weighted by Gasteiger charge is -2.16. The molecule has 0 aliphatic heterocycles. The molecule has 1 rings (SSSR count). The number of ketones is 1.